The predicted octanol–water partition coefficient (Wildman–Crippen LogP) is 5.64. The zero-order valence-corrected chi connectivity index (χ0v) is 14.2. The quantitative estimate of drug-likeness (QED) is 0.249. The summed E-state index contributed by atoms with van der Waals surface area (Å²) in [5.41, 5.74) is 0. The Morgan fingerprint density at radius 1 is 0.762 bits per heavy atom. The van der Waals surface area contributed by atoms with E-state index < -0.39 is 0 Å². The van der Waals surface area contributed by atoms with Crippen molar-refractivity contribution in [1.29, 1.82) is 0 Å². The molecule has 21 heavy (non-hydrogen) atoms. The van der Waals surface area contributed by atoms with Crippen LogP contribution in [-0.2, 0) is 9.53 Å². The highest BCUT2D eigenvalue weighted by Crippen LogP contribution is 2.10. The zero-order valence-electron chi connectivity index (χ0n) is 14.2. The Hall–Kier alpha value is -0.970. The molecule has 0 saturated carbocycles. The molecule has 0 aliphatic heterocycles. The van der Waals surface area contributed by atoms with E-state index in [1.165, 1.54) is 71.1 Å². The van der Waals surface area contributed by atoms with Gasteiger partial charge < -0.3 is 4.74 Å². The van der Waals surface area contributed by atoms with Gasteiger partial charge in [0.25, 0.3) is 0 Å². The van der Waals surface area contributed by atoms with Gasteiger partial charge in [0.05, 0.1) is 6.61 Å². The molecule has 0 aromatic heterocycles. The Labute approximate surface area is 132 Å². The Kier molecular flexibility index (Phi) is 16.3. The normalized spacial score (nSPS) is 10.0. The molecule has 0 aromatic carbocycles. The molecular formula is C19H34O2. The molecule has 122 valence electrons. The van der Waals surface area contributed by atoms with Gasteiger partial charge in [0.1, 0.15) is 0 Å². The third kappa shape index (κ3) is 19.0. The van der Waals surface area contributed by atoms with Crippen LogP contribution in [0.25, 0.3) is 0 Å². The fourth-order valence-electron chi connectivity index (χ4n) is 2.21. The van der Waals surface area contributed by atoms with Crippen LogP contribution in [0.3, 0.4) is 0 Å². The van der Waals surface area contributed by atoms with Gasteiger partial charge in [-0.3, -0.25) is 4.79 Å². The maximum Gasteiger partial charge on any atom is 0.302 e. The average molecular weight is 294 g/mol. The molecule has 0 amide bonds. The molecule has 0 aliphatic carbocycles. The summed E-state index contributed by atoms with van der Waals surface area (Å²) in [4.78, 5) is 10.6. The van der Waals surface area contributed by atoms with Crippen LogP contribution in [0.4, 0.5) is 0 Å². The van der Waals surface area contributed by atoms with Gasteiger partial charge >= 0.3 is 5.97 Å². The van der Waals surface area contributed by atoms with Crippen LogP contribution < -0.4 is 0 Å². The fraction of sp³-hybridized carbons (Fsp3) is 0.842. The first-order valence-electron chi connectivity index (χ1n) is 8.86. The number of hydrogen-bond acceptors (Lipinski definition) is 2. The summed E-state index contributed by atoms with van der Waals surface area (Å²) in [6, 6.07) is 0. The van der Waals surface area contributed by atoms with Gasteiger partial charge in [-0.2, -0.15) is 0 Å². The number of carbonyl (C=O) groups is 1. The van der Waals surface area contributed by atoms with E-state index in [0.717, 1.165) is 19.3 Å². The summed E-state index contributed by atoms with van der Waals surface area (Å²) >= 11 is 0. The first kappa shape index (κ1) is 20.0. The van der Waals surface area contributed by atoms with Crippen molar-refractivity contribution >= 4 is 5.97 Å². The van der Waals surface area contributed by atoms with Crippen molar-refractivity contribution in [2.75, 3.05) is 6.61 Å². The van der Waals surface area contributed by atoms with Crippen LogP contribution in [0, 0.1) is 11.8 Å². The molecule has 2 heteroatoms. The summed E-state index contributed by atoms with van der Waals surface area (Å²) in [7, 11) is 0. The SMILES string of the molecule is CCCCC#CCCCCCCCCCCCOC(C)=O. The number of carbonyl (C=O) groups excluding carboxylic acids is 1. The van der Waals surface area contributed by atoms with Gasteiger partial charge in [0.2, 0.25) is 0 Å². The maximum atomic E-state index is 10.6. The van der Waals surface area contributed by atoms with Crippen molar-refractivity contribution in [3.05, 3.63) is 0 Å². The van der Waals surface area contributed by atoms with Crippen molar-refractivity contribution in [3.8, 4) is 11.8 Å². The molecule has 0 atom stereocenters. The summed E-state index contributed by atoms with van der Waals surface area (Å²) < 4.78 is 4.91. The second-order valence-electron chi connectivity index (χ2n) is 5.73. The smallest absolute Gasteiger partial charge is 0.302 e. The van der Waals surface area contributed by atoms with E-state index in [9.17, 15) is 4.79 Å². The van der Waals surface area contributed by atoms with Crippen molar-refractivity contribution in [3.63, 3.8) is 0 Å². The lowest BCUT2D eigenvalue weighted by atomic mass is 10.1. The van der Waals surface area contributed by atoms with E-state index in [1.807, 2.05) is 0 Å². The van der Waals surface area contributed by atoms with E-state index in [1.54, 1.807) is 0 Å². The third-order valence-corrected chi connectivity index (χ3v) is 3.53. The second kappa shape index (κ2) is 17.1. The van der Waals surface area contributed by atoms with Crippen molar-refractivity contribution in [2.24, 2.45) is 0 Å². The number of unbranched alkanes of at least 4 members (excludes halogenated alkanes) is 11. The highest BCUT2D eigenvalue weighted by molar-refractivity contribution is 5.65. The van der Waals surface area contributed by atoms with E-state index in [-0.39, 0.29) is 5.97 Å². The minimum absolute atomic E-state index is 0.162. The van der Waals surface area contributed by atoms with E-state index in [2.05, 4.69) is 18.8 Å². The first-order valence-corrected chi connectivity index (χ1v) is 8.86. The van der Waals surface area contributed by atoms with Gasteiger partial charge in [0.15, 0.2) is 0 Å². The first-order chi connectivity index (χ1) is 10.3. The zero-order chi connectivity index (χ0) is 15.6. The molecule has 0 rings (SSSR count). The minimum atomic E-state index is -0.162. The summed E-state index contributed by atoms with van der Waals surface area (Å²) in [5, 5.41) is 0. The van der Waals surface area contributed by atoms with Crippen LogP contribution in [0.15, 0.2) is 0 Å². The van der Waals surface area contributed by atoms with Crippen molar-refractivity contribution in [2.45, 2.75) is 97.3 Å². The monoisotopic (exact) mass is 294 g/mol. The third-order valence-electron chi connectivity index (χ3n) is 3.53. The molecule has 0 unspecified atom stereocenters. The molecule has 0 fully saturated rings. The highest BCUT2D eigenvalue weighted by atomic mass is 16.5. The lowest BCUT2D eigenvalue weighted by Gasteiger charge is -2.02. The van der Waals surface area contributed by atoms with Gasteiger partial charge in [-0.15, -0.1) is 11.8 Å². The largest absolute Gasteiger partial charge is 0.466 e. The molecule has 0 aromatic rings. The van der Waals surface area contributed by atoms with Gasteiger partial charge in [-0.1, -0.05) is 58.3 Å². The van der Waals surface area contributed by atoms with E-state index in [0.29, 0.717) is 6.61 Å². The van der Waals surface area contributed by atoms with E-state index >= 15 is 0 Å². The molecular weight excluding hydrogens is 260 g/mol. The second-order valence-corrected chi connectivity index (χ2v) is 5.73. The van der Waals surface area contributed by atoms with Crippen LogP contribution >= 0.6 is 0 Å². The Morgan fingerprint density at radius 2 is 1.24 bits per heavy atom. The lowest BCUT2D eigenvalue weighted by Crippen LogP contribution is -2.00. The maximum absolute atomic E-state index is 10.6. The standard InChI is InChI=1S/C19H34O2/c1-3-4-5-6-7-8-9-10-11-12-13-14-15-16-17-18-21-19(2)20/h3-5,8-18H2,1-2H3. The molecule has 0 saturated heterocycles. The van der Waals surface area contributed by atoms with Crippen molar-refractivity contribution < 1.29 is 9.53 Å². The van der Waals surface area contributed by atoms with Crippen molar-refractivity contribution in [1.82, 2.24) is 0 Å². The van der Waals surface area contributed by atoms with Crippen LogP contribution in [0.5, 0.6) is 0 Å². The van der Waals surface area contributed by atoms with Crippen LogP contribution in [-0.4, -0.2) is 12.6 Å². The van der Waals surface area contributed by atoms with Gasteiger partial charge in [-0.25, -0.2) is 0 Å². The number of esters is 1. The molecule has 0 bridgehead atoms. The van der Waals surface area contributed by atoms with Gasteiger partial charge in [0, 0.05) is 19.8 Å². The molecule has 0 aliphatic rings. The predicted molar refractivity (Wildman–Crippen MR) is 90.1 cm³/mol. The topological polar surface area (TPSA) is 26.3 Å². The Morgan fingerprint density at radius 3 is 1.76 bits per heavy atom. The molecule has 0 spiro atoms. The van der Waals surface area contributed by atoms with Crippen LogP contribution in [0.1, 0.15) is 97.3 Å². The molecule has 0 radical (unpaired) electrons. The minimum Gasteiger partial charge on any atom is -0.466 e. The fourth-order valence-corrected chi connectivity index (χ4v) is 2.21. The summed E-state index contributed by atoms with van der Waals surface area (Å²) in [6.45, 7) is 4.27. The summed E-state index contributed by atoms with van der Waals surface area (Å²) in [5.74, 6) is 6.36. The van der Waals surface area contributed by atoms with E-state index in [4.69, 9.17) is 4.74 Å². The summed E-state index contributed by atoms with van der Waals surface area (Å²) in [6.07, 6.45) is 16.1. The lowest BCUT2D eigenvalue weighted by molar-refractivity contribution is -0.141. The molecule has 0 heterocycles. The number of hydrogen-bond donors (Lipinski definition) is 0. The Balaban J connectivity index is 3.05. The number of rotatable bonds is 13. The molecule has 2 nitrogen and oxygen atoms in total. The highest BCUT2D eigenvalue weighted by Gasteiger charge is 1.94. The van der Waals surface area contributed by atoms with Gasteiger partial charge in [-0.05, 0) is 19.3 Å². The number of ether oxygens (including phenoxy) is 1. The Bertz CT molecular complexity index is 286. The van der Waals surface area contributed by atoms with Crippen LogP contribution in [0.2, 0.25) is 0 Å². The molecule has 0 N–H and O–H groups in total. The average Bonchev–Trinajstić information content (AvgIpc) is 2.46.